The van der Waals surface area contributed by atoms with Gasteiger partial charge in [-0.3, -0.25) is 9.78 Å². The maximum atomic E-state index is 11.4. The molecule has 0 saturated carbocycles. The Morgan fingerprint density at radius 2 is 2.14 bits per heavy atom. The first-order valence-corrected chi connectivity index (χ1v) is 4.47. The van der Waals surface area contributed by atoms with Gasteiger partial charge in [-0.2, -0.15) is 5.10 Å². The van der Waals surface area contributed by atoms with Crippen LogP contribution in [0.5, 0.6) is 0 Å². The van der Waals surface area contributed by atoms with Gasteiger partial charge in [0.15, 0.2) is 0 Å². The van der Waals surface area contributed by atoms with Crippen molar-refractivity contribution in [2.45, 2.75) is 20.3 Å². The second kappa shape index (κ2) is 5.11. The zero-order chi connectivity index (χ0) is 10.4. The van der Waals surface area contributed by atoms with Gasteiger partial charge in [0, 0.05) is 23.7 Å². The molecule has 0 aromatic carbocycles. The summed E-state index contributed by atoms with van der Waals surface area (Å²) < 4.78 is 0. The van der Waals surface area contributed by atoms with Gasteiger partial charge >= 0.3 is 0 Å². The molecule has 0 saturated heterocycles. The summed E-state index contributed by atoms with van der Waals surface area (Å²) in [5, 5.41) is 3.92. The third-order valence-electron chi connectivity index (χ3n) is 1.80. The normalized spacial score (nSPS) is 11.1. The van der Waals surface area contributed by atoms with Crippen molar-refractivity contribution in [3.05, 3.63) is 30.1 Å². The molecule has 0 bridgehead atoms. The van der Waals surface area contributed by atoms with Crippen molar-refractivity contribution in [3.63, 3.8) is 0 Å². The molecule has 4 heteroatoms. The Labute approximate surface area is 83.1 Å². The van der Waals surface area contributed by atoms with Crippen LogP contribution in [0, 0.1) is 0 Å². The highest BCUT2D eigenvalue weighted by atomic mass is 16.2. The molecule has 1 heterocycles. The lowest BCUT2D eigenvalue weighted by atomic mass is 10.3. The van der Waals surface area contributed by atoms with Crippen molar-refractivity contribution < 1.29 is 4.79 Å². The summed E-state index contributed by atoms with van der Waals surface area (Å²) in [5.41, 5.74) is 3.93. The van der Waals surface area contributed by atoms with Crippen molar-refractivity contribution in [1.29, 1.82) is 0 Å². The molecule has 0 unspecified atom stereocenters. The average molecular weight is 191 g/mol. The van der Waals surface area contributed by atoms with Crippen LogP contribution in [-0.2, 0) is 0 Å². The monoisotopic (exact) mass is 191 g/mol. The molecule has 0 atom stereocenters. The molecule has 0 radical (unpaired) electrons. The lowest BCUT2D eigenvalue weighted by Crippen LogP contribution is -2.18. The van der Waals surface area contributed by atoms with Crippen LogP contribution in [0.1, 0.15) is 30.6 Å². The van der Waals surface area contributed by atoms with Crippen molar-refractivity contribution in [3.8, 4) is 0 Å². The van der Waals surface area contributed by atoms with Crippen LogP contribution in [0.25, 0.3) is 0 Å². The highest BCUT2D eigenvalue weighted by Crippen LogP contribution is 1.95. The standard InChI is InChI=1S/C10H13N3O/c1-3-8(2)12-13-10(14)9-4-6-11-7-5-9/h4-7H,3H2,1-2H3,(H,13,14)/b12-8+. The summed E-state index contributed by atoms with van der Waals surface area (Å²) in [7, 11) is 0. The van der Waals surface area contributed by atoms with Gasteiger partial charge in [-0.05, 0) is 25.5 Å². The van der Waals surface area contributed by atoms with Gasteiger partial charge in [0.05, 0.1) is 0 Å². The molecule has 0 aliphatic carbocycles. The highest BCUT2D eigenvalue weighted by molar-refractivity contribution is 5.95. The zero-order valence-electron chi connectivity index (χ0n) is 8.32. The number of pyridine rings is 1. The Morgan fingerprint density at radius 1 is 1.50 bits per heavy atom. The summed E-state index contributed by atoms with van der Waals surface area (Å²) in [4.78, 5) is 15.2. The minimum Gasteiger partial charge on any atom is -0.267 e. The molecule has 0 fully saturated rings. The van der Waals surface area contributed by atoms with E-state index in [0.29, 0.717) is 5.56 Å². The van der Waals surface area contributed by atoms with Gasteiger partial charge in [0.1, 0.15) is 0 Å². The van der Waals surface area contributed by atoms with Crippen LogP contribution in [0.4, 0.5) is 0 Å². The van der Waals surface area contributed by atoms with Crippen molar-refractivity contribution in [2.24, 2.45) is 5.10 Å². The van der Waals surface area contributed by atoms with Gasteiger partial charge in [-0.15, -0.1) is 0 Å². The number of nitrogens with zero attached hydrogens (tertiary/aromatic N) is 2. The second-order valence-corrected chi connectivity index (χ2v) is 2.88. The Hall–Kier alpha value is -1.71. The molecule has 1 aromatic rings. The summed E-state index contributed by atoms with van der Waals surface area (Å²) in [6.45, 7) is 3.85. The molecule has 0 aliphatic heterocycles. The van der Waals surface area contributed by atoms with Gasteiger partial charge < -0.3 is 0 Å². The maximum absolute atomic E-state index is 11.4. The van der Waals surface area contributed by atoms with Crippen molar-refractivity contribution in [2.75, 3.05) is 0 Å². The van der Waals surface area contributed by atoms with E-state index in [2.05, 4.69) is 15.5 Å². The largest absolute Gasteiger partial charge is 0.271 e. The number of carbonyl (C=O) groups excluding carboxylic acids is 1. The van der Waals surface area contributed by atoms with Crippen LogP contribution in [-0.4, -0.2) is 16.6 Å². The molecule has 1 rings (SSSR count). The van der Waals surface area contributed by atoms with Crippen LogP contribution >= 0.6 is 0 Å². The summed E-state index contributed by atoms with van der Waals surface area (Å²) in [5.74, 6) is -0.208. The number of hydrogen-bond donors (Lipinski definition) is 1. The lowest BCUT2D eigenvalue weighted by Gasteiger charge is -1.99. The summed E-state index contributed by atoms with van der Waals surface area (Å²) in [6, 6.07) is 3.29. The number of hydrogen-bond acceptors (Lipinski definition) is 3. The minimum atomic E-state index is -0.208. The highest BCUT2D eigenvalue weighted by Gasteiger charge is 2.02. The number of hydrazone groups is 1. The quantitative estimate of drug-likeness (QED) is 0.582. The Bertz CT molecular complexity index is 332. The Kier molecular flexibility index (Phi) is 3.79. The molecular weight excluding hydrogens is 178 g/mol. The van der Waals surface area contributed by atoms with E-state index in [1.807, 2.05) is 13.8 Å². The Morgan fingerprint density at radius 3 is 2.71 bits per heavy atom. The number of amides is 1. The van der Waals surface area contributed by atoms with Crippen LogP contribution in [0.3, 0.4) is 0 Å². The first-order chi connectivity index (χ1) is 6.74. The van der Waals surface area contributed by atoms with E-state index in [0.717, 1.165) is 12.1 Å². The van der Waals surface area contributed by atoms with E-state index < -0.39 is 0 Å². The molecular formula is C10H13N3O. The summed E-state index contributed by atoms with van der Waals surface area (Å²) in [6.07, 6.45) is 3.98. The van der Waals surface area contributed by atoms with Crippen LogP contribution in [0.2, 0.25) is 0 Å². The van der Waals surface area contributed by atoms with E-state index in [9.17, 15) is 4.79 Å². The Balaban J connectivity index is 2.60. The van der Waals surface area contributed by atoms with E-state index in [-0.39, 0.29) is 5.91 Å². The van der Waals surface area contributed by atoms with Gasteiger partial charge in [0.25, 0.3) is 5.91 Å². The van der Waals surface area contributed by atoms with Crippen LogP contribution < -0.4 is 5.43 Å². The number of carbonyl (C=O) groups is 1. The van der Waals surface area contributed by atoms with E-state index in [1.165, 1.54) is 0 Å². The van der Waals surface area contributed by atoms with Crippen LogP contribution in [0.15, 0.2) is 29.6 Å². The lowest BCUT2D eigenvalue weighted by molar-refractivity contribution is 0.0954. The predicted molar refractivity (Wildman–Crippen MR) is 55.1 cm³/mol. The average Bonchev–Trinajstić information content (AvgIpc) is 2.26. The number of rotatable bonds is 3. The first-order valence-electron chi connectivity index (χ1n) is 4.47. The molecule has 0 spiro atoms. The fourth-order valence-corrected chi connectivity index (χ4v) is 0.793. The number of nitrogens with one attached hydrogen (secondary N) is 1. The fourth-order valence-electron chi connectivity index (χ4n) is 0.793. The van der Waals surface area contributed by atoms with Gasteiger partial charge in [-0.1, -0.05) is 6.92 Å². The molecule has 74 valence electrons. The van der Waals surface area contributed by atoms with Gasteiger partial charge in [0.2, 0.25) is 0 Å². The summed E-state index contributed by atoms with van der Waals surface area (Å²) >= 11 is 0. The smallest absolute Gasteiger partial charge is 0.267 e. The van der Waals surface area contributed by atoms with Crippen molar-refractivity contribution in [1.82, 2.24) is 10.4 Å². The third-order valence-corrected chi connectivity index (χ3v) is 1.80. The van der Waals surface area contributed by atoms with E-state index >= 15 is 0 Å². The number of aromatic nitrogens is 1. The van der Waals surface area contributed by atoms with E-state index in [4.69, 9.17) is 0 Å². The van der Waals surface area contributed by atoms with E-state index in [1.54, 1.807) is 24.5 Å². The molecule has 0 aliphatic rings. The SMILES string of the molecule is CC/C(C)=N/NC(=O)c1ccncc1. The molecule has 14 heavy (non-hydrogen) atoms. The third kappa shape index (κ3) is 2.97. The molecule has 1 aromatic heterocycles. The predicted octanol–water partition coefficient (Wildman–Crippen LogP) is 1.60. The van der Waals surface area contributed by atoms with Crippen molar-refractivity contribution >= 4 is 11.6 Å². The van der Waals surface area contributed by atoms with Gasteiger partial charge in [-0.25, -0.2) is 5.43 Å². The maximum Gasteiger partial charge on any atom is 0.271 e. The first kappa shape index (κ1) is 10.4. The topological polar surface area (TPSA) is 54.4 Å². The second-order valence-electron chi connectivity index (χ2n) is 2.88. The zero-order valence-corrected chi connectivity index (χ0v) is 8.32. The molecule has 1 amide bonds. The molecule has 4 nitrogen and oxygen atoms in total. The molecule has 1 N–H and O–H groups in total. The fraction of sp³-hybridized carbons (Fsp3) is 0.300. The minimum absolute atomic E-state index is 0.208.